The number of carbonyl (C=O) groups is 3. The third-order valence-electron chi connectivity index (χ3n) is 9.32. The van der Waals surface area contributed by atoms with Gasteiger partial charge >= 0.3 is 0 Å². The second-order valence-electron chi connectivity index (χ2n) is 12.0. The summed E-state index contributed by atoms with van der Waals surface area (Å²) >= 11 is 0. The van der Waals surface area contributed by atoms with Crippen LogP contribution in [0.1, 0.15) is 23.6 Å². The number of hydrogen-bond donors (Lipinski definition) is 1. The molecule has 0 saturated carbocycles. The predicted octanol–water partition coefficient (Wildman–Crippen LogP) is 2.81. The lowest BCUT2D eigenvalue weighted by atomic mass is 9.74. The van der Waals surface area contributed by atoms with Gasteiger partial charge in [-0.2, -0.15) is 0 Å². The summed E-state index contributed by atoms with van der Waals surface area (Å²) in [5.74, 6) is -2.53. The van der Waals surface area contributed by atoms with Crippen LogP contribution in [-0.4, -0.2) is 82.7 Å². The molecule has 6 rings (SSSR count). The Morgan fingerprint density at radius 2 is 1.59 bits per heavy atom. The van der Waals surface area contributed by atoms with Gasteiger partial charge in [0, 0.05) is 25.8 Å². The number of benzene rings is 2. The third kappa shape index (κ3) is 4.07. The number of para-hydroxylation sites is 1. The molecular formula is C33H37N3O5. The number of aryl methyl sites for hydroxylation is 2. The van der Waals surface area contributed by atoms with Gasteiger partial charge in [-0.15, -0.1) is 0 Å². The average molecular weight is 556 g/mol. The van der Waals surface area contributed by atoms with Crippen molar-refractivity contribution in [2.24, 2.45) is 11.8 Å². The molecule has 8 heteroatoms. The number of ether oxygens (including phenoxy) is 1. The van der Waals surface area contributed by atoms with Crippen molar-refractivity contribution in [2.45, 2.75) is 50.5 Å². The Bertz CT molecular complexity index is 1430. The van der Waals surface area contributed by atoms with Crippen LogP contribution in [0.5, 0.6) is 0 Å². The van der Waals surface area contributed by atoms with Gasteiger partial charge in [0.1, 0.15) is 11.6 Å². The first-order valence-electron chi connectivity index (χ1n) is 14.3. The highest BCUT2D eigenvalue weighted by molar-refractivity contribution is 6.06. The molecule has 0 aromatic heterocycles. The van der Waals surface area contributed by atoms with E-state index in [1.54, 1.807) is 16.8 Å². The van der Waals surface area contributed by atoms with Gasteiger partial charge in [-0.1, -0.05) is 72.8 Å². The number of aliphatic hydroxyl groups is 1. The number of nitrogens with zero attached hydrogens (tertiary/aromatic N) is 3. The molecule has 1 N–H and O–H groups in total. The van der Waals surface area contributed by atoms with Crippen LogP contribution in [-0.2, 0) is 25.5 Å². The van der Waals surface area contributed by atoms with Crippen molar-refractivity contribution in [2.75, 3.05) is 31.6 Å². The van der Waals surface area contributed by atoms with E-state index in [4.69, 9.17) is 4.74 Å². The molecule has 1 spiro atoms. The zero-order valence-electron chi connectivity index (χ0n) is 24.0. The molecule has 0 aliphatic carbocycles. The lowest BCUT2D eigenvalue weighted by molar-refractivity contribution is -0.150. The summed E-state index contributed by atoms with van der Waals surface area (Å²) in [6.45, 7) is 6.16. The Morgan fingerprint density at radius 1 is 0.902 bits per heavy atom. The Hall–Kier alpha value is -3.75. The van der Waals surface area contributed by atoms with Crippen LogP contribution in [0.2, 0.25) is 0 Å². The minimum Gasteiger partial charge on any atom is -0.394 e. The standard InChI is InChI=1S/C33H37N3O5/c1-21-11-8-12-22(2)27(21)35-18-10-16-33-26(25-29(38)34(4)17-9-15-32(25,3)41-33)30(39)36(28(33)31(35)40)24(20-37)19-23-13-6-5-7-14-23/h5-16,24-26,28,37H,17-20H2,1-4H3/t24-,25-,26+,28?,32+,33+/m1/s1. The molecule has 1 unspecified atom stereocenters. The number of likely N-dealkylation sites (tertiary alicyclic amines) is 1. The minimum absolute atomic E-state index is 0.186. The molecule has 0 bridgehead atoms. The minimum atomic E-state index is -1.37. The summed E-state index contributed by atoms with van der Waals surface area (Å²) in [6, 6.07) is 13.8. The molecule has 8 nitrogen and oxygen atoms in total. The number of amides is 3. The maximum Gasteiger partial charge on any atom is 0.253 e. The topological polar surface area (TPSA) is 90.4 Å². The monoisotopic (exact) mass is 555 g/mol. The molecule has 41 heavy (non-hydrogen) atoms. The zero-order chi connectivity index (χ0) is 29.1. The van der Waals surface area contributed by atoms with Crippen molar-refractivity contribution in [3.05, 3.63) is 89.5 Å². The zero-order valence-corrected chi connectivity index (χ0v) is 24.0. The lowest BCUT2D eigenvalue weighted by Gasteiger charge is -2.40. The number of carbonyl (C=O) groups excluding carboxylic acids is 3. The number of fused-ring (bicyclic) bond motifs is 2. The molecule has 2 aromatic carbocycles. The highest BCUT2D eigenvalue weighted by Gasteiger charge is 2.75. The normalized spacial score (nSPS) is 31.6. The van der Waals surface area contributed by atoms with Crippen LogP contribution >= 0.6 is 0 Å². The molecule has 0 radical (unpaired) electrons. The number of hydrogen-bond acceptors (Lipinski definition) is 5. The van der Waals surface area contributed by atoms with E-state index in [9.17, 15) is 19.5 Å². The number of anilines is 1. The molecule has 2 saturated heterocycles. The van der Waals surface area contributed by atoms with Gasteiger partial charge in [0.2, 0.25) is 11.8 Å². The summed E-state index contributed by atoms with van der Waals surface area (Å²) in [6.07, 6.45) is 7.87. The quantitative estimate of drug-likeness (QED) is 0.574. The van der Waals surface area contributed by atoms with Gasteiger partial charge in [0.05, 0.1) is 30.1 Å². The third-order valence-corrected chi connectivity index (χ3v) is 9.32. The van der Waals surface area contributed by atoms with Crippen molar-refractivity contribution in [3.8, 4) is 0 Å². The molecule has 4 aliphatic heterocycles. The first-order valence-corrected chi connectivity index (χ1v) is 14.3. The van der Waals surface area contributed by atoms with E-state index in [1.807, 2.05) is 93.6 Å². The lowest BCUT2D eigenvalue weighted by Crippen LogP contribution is -2.59. The number of rotatable bonds is 5. The first-order chi connectivity index (χ1) is 19.6. The fraction of sp³-hybridized carbons (Fsp3) is 0.424. The Balaban J connectivity index is 1.53. The highest BCUT2D eigenvalue weighted by Crippen LogP contribution is 2.58. The van der Waals surface area contributed by atoms with E-state index >= 15 is 0 Å². The molecule has 4 heterocycles. The van der Waals surface area contributed by atoms with E-state index in [0.29, 0.717) is 19.5 Å². The summed E-state index contributed by atoms with van der Waals surface area (Å²) in [5.41, 5.74) is 1.19. The second kappa shape index (κ2) is 9.96. The van der Waals surface area contributed by atoms with Crippen LogP contribution in [0.25, 0.3) is 0 Å². The van der Waals surface area contributed by atoms with Gasteiger partial charge in [0.25, 0.3) is 5.91 Å². The van der Waals surface area contributed by atoms with E-state index in [1.165, 1.54) is 4.90 Å². The van der Waals surface area contributed by atoms with Gasteiger partial charge < -0.3 is 24.5 Å². The number of aliphatic hydroxyl groups excluding tert-OH is 1. The Kier molecular flexibility index (Phi) is 6.66. The predicted molar refractivity (Wildman–Crippen MR) is 155 cm³/mol. The molecule has 3 amide bonds. The highest BCUT2D eigenvalue weighted by atomic mass is 16.5. The van der Waals surface area contributed by atoms with E-state index in [-0.39, 0.29) is 24.3 Å². The number of likely N-dealkylation sites (N-methyl/N-ethyl adjacent to an activating group) is 1. The maximum atomic E-state index is 14.8. The molecule has 4 aliphatic rings. The second-order valence-corrected chi connectivity index (χ2v) is 12.0. The van der Waals surface area contributed by atoms with E-state index in [2.05, 4.69) is 0 Å². The van der Waals surface area contributed by atoms with Crippen molar-refractivity contribution in [1.82, 2.24) is 9.80 Å². The van der Waals surface area contributed by atoms with Crippen molar-refractivity contribution in [3.63, 3.8) is 0 Å². The average Bonchev–Trinajstić information content (AvgIpc) is 3.23. The SMILES string of the molecule is Cc1cccc(C)c1N1CC=C[C@]23O[C@@]4(C)C=CCN(C)C(=O)[C@H]4[C@H]2C(=O)N([C@@H](CO)Cc2ccccc2)C3C1=O. The van der Waals surface area contributed by atoms with Gasteiger partial charge in [-0.25, -0.2) is 0 Å². The van der Waals surface area contributed by atoms with Crippen LogP contribution in [0.3, 0.4) is 0 Å². The smallest absolute Gasteiger partial charge is 0.253 e. The summed E-state index contributed by atoms with van der Waals surface area (Å²) in [4.78, 5) is 48.2. The van der Waals surface area contributed by atoms with Gasteiger partial charge in [-0.05, 0) is 43.9 Å². The molecular weight excluding hydrogens is 518 g/mol. The molecule has 2 fully saturated rings. The van der Waals surface area contributed by atoms with E-state index in [0.717, 1.165) is 22.4 Å². The Labute approximate surface area is 240 Å². The summed E-state index contributed by atoms with van der Waals surface area (Å²) < 4.78 is 6.89. The Morgan fingerprint density at radius 3 is 2.27 bits per heavy atom. The molecule has 6 atom stereocenters. The van der Waals surface area contributed by atoms with Crippen molar-refractivity contribution < 1.29 is 24.2 Å². The van der Waals surface area contributed by atoms with Gasteiger partial charge in [-0.3, -0.25) is 14.4 Å². The van der Waals surface area contributed by atoms with Crippen molar-refractivity contribution >= 4 is 23.4 Å². The summed E-state index contributed by atoms with van der Waals surface area (Å²) in [7, 11) is 1.72. The van der Waals surface area contributed by atoms with Gasteiger partial charge in [0.15, 0.2) is 0 Å². The first kappa shape index (κ1) is 27.4. The van der Waals surface area contributed by atoms with Crippen molar-refractivity contribution in [1.29, 1.82) is 0 Å². The molecule has 2 aromatic rings. The van der Waals surface area contributed by atoms with E-state index < -0.39 is 35.1 Å². The van der Waals surface area contributed by atoms with Crippen LogP contribution in [0.4, 0.5) is 5.69 Å². The molecule has 214 valence electrons. The summed E-state index contributed by atoms with van der Waals surface area (Å²) in [5, 5.41) is 10.7. The fourth-order valence-electron chi connectivity index (χ4n) is 7.55. The van der Waals surface area contributed by atoms with Crippen LogP contribution < -0.4 is 4.90 Å². The fourth-order valence-corrected chi connectivity index (χ4v) is 7.55. The maximum absolute atomic E-state index is 14.8. The largest absolute Gasteiger partial charge is 0.394 e. The van der Waals surface area contributed by atoms with Crippen LogP contribution in [0, 0.1) is 25.7 Å². The van der Waals surface area contributed by atoms with Crippen LogP contribution in [0.15, 0.2) is 72.8 Å².